The van der Waals surface area contributed by atoms with Crippen molar-refractivity contribution < 1.29 is 29.0 Å². The molecule has 2 unspecified atom stereocenters. The number of imide groups is 1. The van der Waals surface area contributed by atoms with Crippen LogP contribution in [0.3, 0.4) is 0 Å². The third-order valence-corrected chi connectivity index (χ3v) is 6.34. The molecule has 0 aromatic carbocycles. The largest absolute Gasteiger partial charge is 0.468 e. The Hall–Kier alpha value is -2.16. The standard InChI is InChI=1S/C20H31N3O6/c1-29-15(24)12-21-17(25)16-18(26)22(13-8-4-2-5-9-13)20(28)23(19(16)27)14-10-6-3-7-11-14/h13-14,16,18,26H,2-12H2,1H3,(H,21,25). The van der Waals surface area contributed by atoms with Gasteiger partial charge in [0.2, 0.25) is 11.8 Å². The molecular weight excluding hydrogens is 378 g/mol. The van der Waals surface area contributed by atoms with Gasteiger partial charge in [-0.2, -0.15) is 0 Å². The molecule has 0 aromatic rings. The molecule has 1 aliphatic heterocycles. The molecule has 3 rings (SSSR count). The number of hydrogen-bond donors (Lipinski definition) is 2. The van der Waals surface area contributed by atoms with Crippen LogP contribution in [-0.2, 0) is 19.1 Å². The Morgan fingerprint density at radius 1 is 1.00 bits per heavy atom. The predicted octanol–water partition coefficient (Wildman–Crippen LogP) is 1.14. The van der Waals surface area contributed by atoms with Gasteiger partial charge in [-0.25, -0.2) is 4.79 Å². The van der Waals surface area contributed by atoms with Crippen LogP contribution in [0.15, 0.2) is 0 Å². The summed E-state index contributed by atoms with van der Waals surface area (Å²) in [7, 11) is 1.20. The molecule has 0 bridgehead atoms. The van der Waals surface area contributed by atoms with Crippen LogP contribution in [0.4, 0.5) is 4.79 Å². The van der Waals surface area contributed by atoms with E-state index >= 15 is 0 Å². The second-order valence-corrected chi connectivity index (χ2v) is 8.17. The van der Waals surface area contributed by atoms with Crippen LogP contribution in [-0.4, -0.2) is 70.7 Å². The molecule has 2 aliphatic carbocycles. The summed E-state index contributed by atoms with van der Waals surface area (Å²) in [6.07, 6.45) is 7.24. The van der Waals surface area contributed by atoms with E-state index in [0.29, 0.717) is 12.8 Å². The number of ether oxygens (including phenoxy) is 1. The van der Waals surface area contributed by atoms with E-state index in [4.69, 9.17) is 0 Å². The van der Waals surface area contributed by atoms with Gasteiger partial charge >= 0.3 is 12.0 Å². The molecule has 2 N–H and O–H groups in total. The van der Waals surface area contributed by atoms with Gasteiger partial charge in [-0.15, -0.1) is 0 Å². The lowest BCUT2D eigenvalue weighted by Crippen LogP contribution is -2.69. The van der Waals surface area contributed by atoms with Gasteiger partial charge < -0.3 is 15.2 Å². The van der Waals surface area contributed by atoms with E-state index in [0.717, 1.165) is 51.4 Å². The molecule has 9 heteroatoms. The minimum atomic E-state index is -1.53. The number of urea groups is 1. The minimum absolute atomic E-state index is 0.193. The topological polar surface area (TPSA) is 116 Å². The van der Waals surface area contributed by atoms with Crippen molar-refractivity contribution in [3.63, 3.8) is 0 Å². The van der Waals surface area contributed by atoms with Crippen molar-refractivity contribution in [3.05, 3.63) is 0 Å². The Morgan fingerprint density at radius 2 is 1.55 bits per heavy atom. The number of nitrogens with zero attached hydrogens (tertiary/aromatic N) is 2. The summed E-state index contributed by atoms with van der Waals surface area (Å²) in [4.78, 5) is 53.1. The molecule has 3 aliphatic rings. The Labute approximate surface area is 170 Å². The van der Waals surface area contributed by atoms with Crippen LogP contribution < -0.4 is 5.32 Å². The first-order valence-corrected chi connectivity index (χ1v) is 10.6. The summed E-state index contributed by atoms with van der Waals surface area (Å²) in [5, 5.41) is 13.3. The maximum atomic E-state index is 13.3. The summed E-state index contributed by atoms with van der Waals surface area (Å²) in [5.41, 5.74) is 0. The zero-order valence-corrected chi connectivity index (χ0v) is 17.0. The summed E-state index contributed by atoms with van der Waals surface area (Å²) < 4.78 is 4.52. The van der Waals surface area contributed by atoms with E-state index in [1.807, 2.05) is 0 Å². The predicted molar refractivity (Wildman–Crippen MR) is 102 cm³/mol. The van der Waals surface area contributed by atoms with Crippen molar-refractivity contribution in [3.8, 4) is 0 Å². The zero-order chi connectivity index (χ0) is 21.0. The Bertz CT molecular complexity index is 642. The monoisotopic (exact) mass is 409 g/mol. The average Bonchev–Trinajstić information content (AvgIpc) is 2.73. The lowest BCUT2D eigenvalue weighted by atomic mass is 9.89. The van der Waals surface area contributed by atoms with Gasteiger partial charge in [0.15, 0.2) is 12.1 Å². The van der Waals surface area contributed by atoms with Crippen LogP contribution in [0.25, 0.3) is 0 Å². The second-order valence-electron chi connectivity index (χ2n) is 8.17. The molecule has 1 heterocycles. The molecule has 4 amide bonds. The molecule has 1 saturated heterocycles. The number of amides is 4. The molecule has 0 spiro atoms. The lowest BCUT2D eigenvalue weighted by Gasteiger charge is -2.48. The van der Waals surface area contributed by atoms with Crippen molar-refractivity contribution in [1.82, 2.24) is 15.1 Å². The normalized spacial score (nSPS) is 27.1. The summed E-state index contributed by atoms with van der Waals surface area (Å²) in [5.74, 6) is -3.53. The fraction of sp³-hybridized carbons (Fsp3) is 0.800. The zero-order valence-electron chi connectivity index (χ0n) is 17.0. The van der Waals surface area contributed by atoms with Gasteiger partial charge in [-0.3, -0.25) is 24.2 Å². The van der Waals surface area contributed by atoms with E-state index in [-0.39, 0.29) is 12.1 Å². The molecule has 2 saturated carbocycles. The molecule has 0 radical (unpaired) electrons. The van der Waals surface area contributed by atoms with E-state index in [9.17, 15) is 24.3 Å². The van der Waals surface area contributed by atoms with Crippen molar-refractivity contribution in [2.24, 2.45) is 5.92 Å². The van der Waals surface area contributed by atoms with Crippen LogP contribution in [0.5, 0.6) is 0 Å². The fourth-order valence-electron chi connectivity index (χ4n) is 4.77. The van der Waals surface area contributed by atoms with Gasteiger partial charge in [0.1, 0.15) is 6.54 Å². The fourth-order valence-corrected chi connectivity index (χ4v) is 4.77. The Morgan fingerprint density at radius 3 is 2.10 bits per heavy atom. The highest BCUT2D eigenvalue weighted by Gasteiger charge is 2.53. The summed E-state index contributed by atoms with van der Waals surface area (Å²) in [6.45, 7) is -0.396. The summed E-state index contributed by atoms with van der Waals surface area (Å²) >= 11 is 0. The first kappa shape index (κ1) is 21.5. The quantitative estimate of drug-likeness (QED) is 0.520. The van der Waals surface area contributed by atoms with Crippen molar-refractivity contribution in [2.75, 3.05) is 13.7 Å². The second kappa shape index (κ2) is 9.56. The first-order chi connectivity index (χ1) is 14.0. The number of methoxy groups -OCH3 is 1. The number of hydrogen-bond acceptors (Lipinski definition) is 6. The van der Waals surface area contributed by atoms with Crippen LogP contribution >= 0.6 is 0 Å². The number of esters is 1. The van der Waals surface area contributed by atoms with E-state index in [2.05, 4.69) is 10.1 Å². The lowest BCUT2D eigenvalue weighted by molar-refractivity contribution is -0.163. The molecule has 3 fully saturated rings. The maximum absolute atomic E-state index is 13.3. The van der Waals surface area contributed by atoms with Gasteiger partial charge in [0.05, 0.1) is 7.11 Å². The van der Waals surface area contributed by atoms with Crippen LogP contribution in [0.1, 0.15) is 64.2 Å². The maximum Gasteiger partial charge on any atom is 0.329 e. The van der Waals surface area contributed by atoms with Crippen LogP contribution in [0.2, 0.25) is 0 Å². The van der Waals surface area contributed by atoms with E-state index in [1.165, 1.54) is 16.9 Å². The van der Waals surface area contributed by atoms with Gasteiger partial charge in [-0.05, 0) is 25.7 Å². The molecule has 162 valence electrons. The third kappa shape index (κ3) is 4.55. The molecule has 9 nitrogen and oxygen atoms in total. The van der Waals surface area contributed by atoms with Crippen molar-refractivity contribution in [1.29, 1.82) is 0 Å². The molecule has 2 atom stereocenters. The highest BCUT2D eigenvalue weighted by molar-refractivity contribution is 6.09. The van der Waals surface area contributed by atoms with Crippen molar-refractivity contribution in [2.45, 2.75) is 82.5 Å². The first-order valence-electron chi connectivity index (χ1n) is 10.6. The highest BCUT2D eigenvalue weighted by atomic mass is 16.5. The van der Waals surface area contributed by atoms with Gasteiger partial charge in [0, 0.05) is 12.1 Å². The number of carbonyl (C=O) groups excluding carboxylic acids is 4. The van der Waals surface area contributed by atoms with Gasteiger partial charge in [0.25, 0.3) is 0 Å². The number of rotatable bonds is 5. The third-order valence-electron chi connectivity index (χ3n) is 6.34. The Kier molecular flexibility index (Phi) is 7.10. The smallest absolute Gasteiger partial charge is 0.329 e. The highest BCUT2D eigenvalue weighted by Crippen LogP contribution is 2.34. The SMILES string of the molecule is COC(=O)CNC(=O)C1C(=O)N(C2CCCCC2)C(=O)N(C2CCCCC2)C1O. The molecule has 0 aromatic heterocycles. The number of carbonyl (C=O) groups is 4. The van der Waals surface area contributed by atoms with Crippen molar-refractivity contribution >= 4 is 23.8 Å². The Balaban J connectivity index is 1.86. The average molecular weight is 409 g/mol. The number of aliphatic hydroxyl groups is 1. The van der Waals surface area contributed by atoms with Crippen LogP contribution in [0, 0.1) is 5.92 Å². The summed E-state index contributed by atoms with van der Waals surface area (Å²) in [6, 6.07) is -0.932. The van der Waals surface area contributed by atoms with E-state index < -0.39 is 42.5 Å². The number of aliphatic hydroxyl groups excluding tert-OH is 1. The van der Waals surface area contributed by atoms with Gasteiger partial charge in [-0.1, -0.05) is 38.5 Å². The minimum Gasteiger partial charge on any atom is -0.468 e. The van der Waals surface area contributed by atoms with E-state index in [1.54, 1.807) is 0 Å². The molecular formula is C20H31N3O6. The molecule has 29 heavy (non-hydrogen) atoms. The number of nitrogens with one attached hydrogen (secondary N) is 1.